The number of nitriles is 1. The Bertz CT molecular complexity index is 493. The zero-order valence-corrected chi connectivity index (χ0v) is 20.5. The molecule has 0 aromatic heterocycles. The van der Waals surface area contributed by atoms with Gasteiger partial charge in [-0.1, -0.05) is 78.1 Å². The molecule has 0 radical (unpaired) electrons. The third-order valence-electron chi connectivity index (χ3n) is 9.74. The van der Waals surface area contributed by atoms with Crippen molar-refractivity contribution in [2.75, 3.05) is 0 Å². The first-order valence-electron chi connectivity index (χ1n) is 14.1. The molecule has 0 amide bonds. The molecule has 3 rings (SSSR count). The summed E-state index contributed by atoms with van der Waals surface area (Å²) in [7, 11) is 0. The van der Waals surface area contributed by atoms with Gasteiger partial charge >= 0.3 is 0 Å². The highest BCUT2D eigenvalue weighted by Gasteiger charge is 2.44. The van der Waals surface area contributed by atoms with E-state index in [2.05, 4.69) is 19.9 Å². The van der Waals surface area contributed by atoms with Crippen LogP contribution < -0.4 is 0 Å². The van der Waals surface area contributed by atoms with Gasteiger partial charge in [-0.2, -0.15) is 5.26 Å². The maximum atomic E-state index is 10.2. The van der Waals surface area contributed by atoms with E-state index in [-0.39, 0.29) is 5.41 Å². The Balaban J connectivity index is 1.38. The van der Waals surface area contributed by atoms with Crippen LogP contribution in [0.2, 0.25) is 0 Å². The van der Waals surface area contributed by atoms with Gasteiger partial charge in [-0.15, -0.1) is 0 Å². The van der Waals surface area contributed by atoms with Crippen molar-refractivity contribution in [2.24, 2.45) is 35.0 Å². The summed E-state index contributed by atoms with van der Waals surface area (Å²) in [6.07, 6.45) is 28.0. The highest BCUT2D eigenvalue weighted by Crippen LogP contribution is 2.52. The molecule has 1 heteroatoms. The van der Waals surface area contributed by atoms with Crippen LogP contribution in [0.5, 0.6) is 0 Å². The number of unbranched alkanes of at least 4 members (excludes halogenated alkanes) is 4. The minimum Gasteiger partial charge on any atom is -0.198 e. The van der Waals surface area contributed by atoms with Crippen molar-refractivity contribution >= 4 is 0 Å². The number of rotatable bonds is 10. The molecular formula is C29H51N. The molecule has 0 spiro atoms. The van der Waals surface area contributed by atoms with Gasteiger partial charge in [0, 0.05) is 0 Å². The minimum absolute atomic E-state index is 0.0441. The fraction of sp³-hybridized carbons (Fsp3) is 0.966. The van der Waals surface area contributed by atoms with Crippen LogP contribution in [0.4, 0.5) is 0 Å². The van der Waals surface area contributed by atoms with Gasteiger partial charge in [0.25, 0.3) is 0 Å². The largest absolute Gasteiger partial charge is 0.198 e. The molecule has 0 aromatic carbocycles. The average Bonchev–Trinajstić information content (AvgIpc) is 2.80. The van der Waals surface area contributed by atoms with E-state index in [4.69, 9.17) is 0 Å². The first kappa shape index (κ1) is 24.1. The third-order valence-corrected chi connectivity index (χ3v) is 9.74. The molecule has 3 fully saturated rings. The summed E-state index contributed by atoms with van der Waals surface area (Å²) in [6, 6.07) is 2.91. The van der Waals surface area contributed by atoms with Crippen LogP contribution in [-0.2, 0) is 0 Å². The maximum Gasteiger partial charge on any atom is 0.0692 e. The molecule has 0 saturated heterocycles. The molecule has 1 nitrogen and oxygen atoms in total. The molecule has 30 heavy (non-hydrogen) atoms. The van der Waals surface area contributed by atoms with Gasteiger partial charge in [0.05, 0.1) is 11.5 Å². The summed E-state index contributed by atoms with van der Waals surface area (Å²) in [6.45, 7) is 4.65. The zero-order valence-electron chi connectivity index (χ0n) is 20.5. The second-order valence-corrected chi connectivity index (χ2v) is 11.6. The highest BCUT2D eigenvalue weighted by atomic mass is 14.5. The standard InChI is InChI=1S/C29H51N/c1-3-5-6-7-8-10-25-19-21-29(23-30,22-20-25)28-17-15-27(16-18-28)26-13-11-24(9-4-2)12-14-26/h24-28H,3-22H2,1-2H3/t24-,25-,26-,27-,28+,29+. The second kappa shape index (κ2) is 12.5. The van der Waals surface area contributed by atoms with Crippen molar-refractivity contribution in [1.82, 2.24) is 0 Å². The topological polar surface area (TPSA) is 23.8 Å². The summed E-state index contributed by atoms with van der Waals surface area (Å²) >= 11 is 0. The lowest BCUT2D eigenvalue weighted by Gasteiger charge is -2.45. The van der Waals surface area contributed by atoms with E-state index in [0.29, 0.717) is 5.92 Å². The van der Waals surface area contributed by atoms with E-state index >= 15 is 0 Å². The van der Waals surface area contributed by atoms with Crippen molar-refractivity contribution in [2.45, 2.75) is 142 Å². The molecule has 3 saturated carbocycles. The van der Waals surface area contributed by atoms with E-state index in [9.17, 15) is 5.26 Å². The van der Waals surface area contributed by atoms with E-state index < -0.39 is 0 Å². The van der Waals surface area contributed by atoms with Crippen LogP contribution in [0.15, 0.2) is 0 Å². The Kier molecular flexibility index (Phi) is 10.1. The van der Waals surface area contributed by atoms with Crippen LogP contribution in [0, 0.1) is 46.3 Å². The van der Waals surface area contributed by atoms with Gasteiger partial charge in [-0.05, 0) is 93.8 Å². The summed E-state index contributed by atoms with van der Waals surface area (Å²) in [5.41, 5.74) is 0.0441. The van der Waals surface area contributed by atoms with Gasteiger partial charge in [0.1, 0.15) is 0 Å². The molecule has 0 aromatic rings. The van der Waals surface area contributed by atoms with Crippen LogP contribution >= 0.6 is 0 Å². The Labute approximate surface area is 188 Å². The van der Waals surface area contributed by atoms with Gasteiger partial charge in [0.15, 0.2) is 0 Å². The lowest BCUT2D eigenvalue weighted by molar-refractivity contribution is 0.0647. The predicted molar refractivity (Wildman–Crippen MR) is 129 cm³/mol. The van der Waals surface area contributed by atoms with Gasteiger partial charge < -0.3 is 0 Å². The second-order valence-electron chi connectivity index (χ2n) is 11.6. The summed E-state index contributed by atoms with van der Waals surface area (Å²) in [5.74, 6) is 4.66. The lowest BCUT2D eigenvalue weighted by atomic mass is 9.58. The van der Waals surface area contributed by atoms with E-state index in [1.165, 1.54) is 128 Å². The van der Waals surface area contributed by atoms with Crippen LogP contribution in [-0.4, -0.2) is 0 Å². The van der Waals surface area contributed by atoms with Crippen LogP contribution in [0.25, 0.3) is 0 Å². The van der Waals surface area contributed by atoms with E-state index in [1.807, 2.05) is 0 Å². The van der Waals surface area contributed by atoms with E-state index in [0.717, 1.165) is 23.7 Å². The minimum atomic E-state index is 0.0441. The Morgan fingerprint density at radius 1 is 0.633 bits per heavy atom. The molecule has 0 heterocycles. The van der Waals surface area contributed by atoms with Crippen molar-refractivity contribution < 1.29 is 0 Å². The quantitative estimate of drug-likeness (QED) is 0.327. The normalized spacial score (nSPS) is 37.6. The SMILES string of the molecule is CCCCCCC[C@H]1CC[C@@](C#N)([C@H]2CC[C@@H]([C@H]3CC[C@H](CCC)CC3)CC2)CC1. The molecule has 0 aliphatic heterocycles. The fourth-order valence-electron chi connectivity index (χ4n) is 7.63. The third kappa shape index (κ3) is 6.50. The van der Waals surface area contributed by atoms with Crippen molar-refractivity contribution in [3.05, 3.63) is 0 Å². The first-order chi connectivity index (χ1) is 14.7. The molecule has 0 unspecified atom stereocenters. The van der Waals surface area contributed by atoms with Crippen molar-refractivity contribution in [1.29, 1.82) is 5.26 Å². The monoisotopic (exact) mass is 413 g/mol. The maximum absolute atomic E-state index is 10.2. The van der Waals surface area contributed by atoms with Crippen LogP contribution in [0.3, 0.4) is 0 Å². The molecular weight excluding hydrogens is 362 g/mol. The van der Waals surface area contributed by atoms with E-state index in [1.54, 1.807) is 0 Å². The lowest BCUT2D eigenvalue weighted by Crippen LogP contribution is -2.37. The molecule has 3 aliphatic rings. The molecule has 0 atom stereocenters. The van der Waals surface area contributed by atoms with Gasteiger partial charge in [-0.25, -0.2) is 0 Å². The Morgan fingerprint density at radius 2 is 1.20 bits per heavy atom. The smallest absolute Gasteiger partial charge is 0.0692 e. The molecule has 0 N–H and O–H groups in total. The number of nitrogens with zero attached hydrogens (tertiary/aromatic N) is 1. The van der Waals surface area contributed by atoms with Gasteiger partial charge in [-0.3, -0.25) is 0 Å². The zero-order chi connectivity index (χ0) is 21.2. The highest BCUT2D eigenvalue weighted by molar-refractivity contribution is 5.06. The summed E-state index contributed by atoms with van der Waals surface area (Å²) in [5, 5.41) is 10.2. The summed E-state index contributed by atoms with van der Waals surface area (Å²) < 4.78 is 0. The predicted octanol–water partition coefficient (Wildman–Crippen LogP) is 9.46. The number of hydrogen-bond donors (Lipinski definition) is 0. The molecule has 3 aliphatic carbocycles. The average molecular weight is 414 g/mol. The van der Waals surface area contributed by atoms with Crippen LogP contribution in [0.1, 0.15) is 142 Å². The Morgan fingerprint density at radius 3 is 1.77 bits per heavy atom. The molecule has 0 bridgehead atoms. The summed E-state index contributed by atoms with van der Waals surface area (Å²) in [4.78, 5) is 0. The number of hydrogen-bond acceptors (Lipinski definition) is 1. The first-order valence-corrected chi connectivity index (χ1v) is 14.1. The van der Waals surface area contributed by atoms with Crippen molar-refractivity contribution in [3.8, 4) is 6.07 Å². The molecule has 172 valence electrons. The van der Waals surface area contributed by atoms with Gasteiger partial charge in [0.2, 0.25) is 0 Å². The van der Waals surface area contributed by atoms with Crippen molar-refractivity contribution in [3.63, 3.8) is 0 Å². The fourth-order valence-corrected chi connectivity index (χ4v) is 7.63. The Hall–Kier alpha value is -0.510.